The molecular weight excluding hydrogens is 228 g/mol. The van der Waals surface area contributed by atoms with Gasteiger partial charge in [-0.2, -0.15) is 0 Å². The lowest BCUT2D eigenvalue weighted by molar-refractivity contribution is -0.146. The van der Waals surface area contributed by atoms with Crippen LogP contribution in [-0.4, -0.2) is 74.0 Å². The van der Waals surface area contributed by atoms with Gasteiger partial charge in [-0.1, -0.05) is 6.08 Å². The molecule has 0 aromatic rings. The van der Waals surface area contributed by atoms with Gasteiger partial charge < -0.3 is 9.47 Å². The zero-order chi connectivity index (χ0) is 13.0. The second-order valence-electron chi connectivity index (χ2n) is 5.67. The first-order valence-corrected chi connectivity index (χ1v) is 6.94. The van der Waals surface area contributed by atoms with Crippen molar-refractivity contribution in [2.75, 3.05) is 52.5 Å². The van der Waals surface area contributed by atoms with Gasteiger partial charge in [-0.25, -0.2) is 0 Å². The Balaban J connectivity index is 2.04. The van der Waals surface area contributed by atoms with Crippen molar-refractivity contribution < 1.29 is 9.47 Å². The van der Waals surface area contributed by atoms with Crippen LogP contribution in [0.4, 0.5) is 0 Å². The highest BCUT2D eigenvalue weighted by atomic mass is 16.5. The van der Waals surface area contributed by atoms with Crippen molar-refractivity contribution in [3.63, 3.8) is 0 Å². The van der Waals surface area contributed by atoms with Crippen molar-refractivity contribution in [2.24, 2.45) is 0 Å². The molecule has 2 heterocycles. The van der Waals surface area contributed by atoms with Crippen LogP contribution in [0.15, 0.2) is 12.7 Å². The van der Waals surface area contributed by atoms with Crippen LogP contribution in [0.1, 0.15) is 13.8 Å². The number of ether oxygens (including phenoxy) is 2. The van der Waals surface area contributed by atoms with Crippen molar-refractivity contribution in [1.82, 2.24) is 9.80 Å². The lowest BCUT2D eigenvalue weighted by Gasteiger charge is -2.44. The van der Waals surface area contributed by atoms with Crippen molar-refractivity contribution in [1.29, 1.82) is 0 Å². The molecule has 18 heavy (non-hydrogen) atoms. The molecule has 104 valence electrons. The second kappa shape index (κ2) is 6.15. The van der Waals surface area contributed by atoms with Gasteiger partial charge in [0.2, 0.25) is 0 Å². The molecule has 2 aliphatic rings. The summed E-state index contributed by atoms with van der Waals surface area (Å²) >= 11 is 0. The van der Waals surface area contributed by atoms with E-state index >= 15 is 0 Å². The third-order valence-corrected chi connectivity index (χ3v) is 3.82. The molecule has 1 spiro atoms. The van der Waals surface area contributed by atoms with E-state index in [1.165, 1.54) is 0 Å². The lowest BCUT2D eigenvalue weighted by atomic mass is 10.0. The van der Waals surface area contributed by atoms with E-state index in [4.69, 9.17) is 9.47 Å². The van der Waals surface area contributed by atoms with Crippen molar-refractivity contribution in [3.8, 4) is 0 Å². The molecule has 2 saturated heterocycles. The van der Waals surface area contributed by atoms with Gasteiger partial charge in [0.1, 0.15) is 5.60 Å². The molecule has 0 aromatic heterocycles. The number of hydrogen-bond acceptors (Lipinski definition) is 4. The first-order valence-electron chi connectivity index (χ1n) is 6.94. The largest absolute Gasteiger partial charge is 0.377 e. The van der Waals surface area contributed by atoms with Crippen LogP contribution < -0.4 is 0 Å². The minimum atomic E-state index is -0.151. The van der Waals surface area contributed by atoms with Crippen LogP contribution in [0.3, 0.4) is 0 Å². The van der Waals surface area contributed by atoms with Crippen molar-refractivity contribution in [2.45, 2.75) is 25.5 Å². The average molecular weight is 254 g/mol. The molecule has 0 N–H and O–H groups in total. The number of nitrogens with zero attached hydrogens (tertiary/aromatic N) is 2. The van der Waals surface area contributed by atoms with E-state index in [9.17, 15) is 0 Å². The van der Waals surface area contributed by atoms with Crippen LogP contribution >= 0.6 is 0 Å². The van der Waals surface area contributed by atoms with E-state index < -0.39 is 0 Å². The Morgan fingerprint density at radius 3 is 2.83 bits per heavy atom. The molecule has 2 rings (SSSR count). The zero-order valence-corrected chi connectivity index (χ0v) is 11.7. The Morgan fingerprint density at radius 2 is 2.11 bits per heavy atom. The molecule has 0 saturated carbocycles. The summed E-state index contributed by atoms with van der Waals surface area (Å²) in [5.41, 5.74) is -0.151. The Bertz CT molecular complexity index is 283. The van der Waals surface area contributed by atoms with Gasteiger partial charge in [-0.3, -0.25) is 9.80 Å². The van der Waals surface area contributed by atoms with Crippen LogP contribution in [-0.2, 0) is 9.47 Å². The third-order valence-electron chi connectivity index (χ3n) is 3.82. The summed E-state index contributed by atoms with van der Waals surface area (Å²) in [5.74, 6) is 0. The zero-order valence-electron chi connectivity index (χ0n) is 11.7. The van der Waals surface area contributed by atoms with Gasteiger partial charge in [0, 0.05) is 38.8 Å². The van der Waals surface area contributed by atoms with E-state index in [0.717, 1.165) is 45.9 Å². The van der Waals surface area contributed by atoms with E-state index in [2.05, 4.69) is 30.2 Å². The summed E-state index contributed by atoms with van der Waals surface area (Å²) in [7, 11) is 0. The maximum Gasteiger partial charge on any atom is 0.117 e. The normalized spacial score (nSPS) is 31.7. The molecule has 0 aromatic carbocycles. The van der Waals surface area contributed by atoms with Gasteiger partial charge in [-0.15, -0.1) is 6.58 Å². The van der Waals surface area contributed by atoms with Crippen molar-refractivity contribution in [3.05, 3.63) is 12.7 Å². The molecule has 0 aliphatic carbocycles. The summed E-state index contributed by atoms with van der Waals surface area (Å²) in [6.45, 7) is 15.5. The molecule has 1 atom stereocenters. The van der Waals surface area contributed by atoms with E-state index in [0.29, 0.717) is 12.6 Å². The second-order valence-corrected chi connectivity index (χ2v) is 5.67. The van der Waals surface area contributed by atoms with Gasteiger partial charge in [0.15, 0.2) is 0 Å². The predicted octanol–water partition coefficient (Wildman–Crippen LogP) is 0.984. The van der Waals surface area contributed by atoms with Gasteiger partial charge >= 0.3 is 0 Å². The molecule has 1 unspecified atom stereocenters. The summed E-state index contributed by atoms with van der Waals surface area (Å²) < 4.78 is 11.9. The SMILES string of the molecule is C=CCN1CCOCC2(C1)CN(C(C)C)CCO2. The molecule has 2 fully saturated rings. The summed E-state index contributed by atoms with van der Waals surface area (Å²) in [4.78, 5) is 4.87. The highest BCUT2D eigenvalue weighted by Gasteiger charge is 2.40. The number of morpholine rings is 1. The number of rotatable bonds is 3. The molecule has 4 nitrogen and oxygen atoms in total. The third kappa shape index (κ3) is 3.32. The van der Waals surface area contributed by atoms with Crippen molar-refractivity contribution >= 4 is 0 Å². The molecule has 0 bridgehead atoms. The van der Waals surface area contributed by atoms with Crippen LogP contribution in [0.25, 0.3) is 0 Å². The van der Waals surface area contributed by atoms with Crippen LogP contribution in [0.2, 0.25) is 0 Å². The number of hydrogen-bond donors (Lipinski definition) is 0. The summed E-state index contributed by atoms with van der Waals surface area (Å²) in [5, 5.41) is 0. The average Bonchev–Trinajstić information content (AvgIpc) is 2.53. The highest BCUT2D eigenvalue weighted by molar-refractivity contribution is 4.94. The fourth-order valence-electron chi connectivity index (χ4n) is 2.82. The van der Waals surface area contributed by atoms with Crippen LogP contribution in [0, 0.1) is 0 Å². The quantitative estimate of drug-likeness (QED) is 0.701. The molecule has 2 aliphatic heterocycles. The standard InChI is InChI=1S/C14H26N2O2/c1-4-5-15-6-8-17-12-14(10-15)11-16(13(2)3)7-9-18-14/h4,13H,1,5-12H2,2-3H3. The molecule has 4 heteroatoms. The first-order chi connectivity index (χ1) is 8.65. The maximum absolute atomic E-state index is 6.10. The highest BCUT2D eigenvalue weighted by Crippen LogP contribution is 2.23. The smallest absolute Gasteiger partial charge is 0.117 e. The Kier molecular flexibility index (Phi) is 4.78. The van der Waals surface area contributed by atoms with E-state index in [-0.39, 0.29) is 5.60 Å². The molecule has 0 amide bonds. The maximum atomic E-state index is 6.10. The van der Waals surface area contributed by atoms with Crippen LogP contribution in [0.5, 0.6) is 0 Å². The topological polar surface area (TPSA) is 24.9 Å². The van der Waals surface area contributed by atoms with Gasteiger partial charge in [0.05, 0.1) is 19.8 Å². The fraction of sp³-hybridized carbons (Fsp3) is 0.857. The first kappa shape index (κ1) is 14.0. The monoisotopic (exact) mass is 254 g/mol. The lowest BCUT2D eigenvalue weighted by Crippen LogP contribution is -2.59. The summed E-state index contributed by atoms with van der Waals surface area (Å²) in [6.07, 6.45) is 1.96. The summed E-state index contributed by atoms with van der Waals surface area (Å²) in [6, 6.07) is 0.571. The minimum Gasteiger partial charge on any atom is -0.377 e. The Morgan fingerprint density at radius 1 is 1.28 bits per heavy atom. The Hall–Kier alpha value is -0.420. The predicted molar refractivity (Wildman–Crippen MR) is 72.8 cm³/mol. The molecule has 0 radical (unpaired) electrons. The minimum absolute atomic E-state index is 0.151. The van der Waals surface area contributed by atoms with E-state index in [1.54, 1.807) is 0 Å². The molecular formula is C14H26N2O2. The van der Waals surface area contributed by atoms with Gasteiger partial charge in [0.25, 0.3) is 0 Å². The van der Waals surface area contributed by atoms with Gasteiger partial charge in [-0.05, 0) is 13.8 Å². The Labute approximate surface area is 111 Å². The van der Waals surface area contributed by atoms with E-state index in [1.807, 2.05) is 6.08 Å². The fourth-order valence-corrected chi connectivity index (χ4v) is 2.82.